The van der Waals surface area contributed by atoms with Crippen LogP contribution in [0.3, 0.4) is 0 Å². The van der Waals surface area contributed by atoms with Gasteiger partial charge in [0.2, 0.25) is 0 Å². The predicted octanol–water partition coefficient (Wildman–Crippen LogP) is 3.25. The topological polar surface area (TPSA) is 49.3 Å². The van der Waals surface area contributed by atoms with Gasteiger partial charge in [-0.05, 0) is 60.0 Å². The van der Waals surface area contributed by atoms with E-state index in [4.69, 9.17) is 0 Å². The van der Waals surface area contributed by atoms with Crippen molar-refractivity contribution in [2.24, 2.45) is 0 Å². The maximum absolute atomic E-state index is 12.1. The summed E-state index contributed by atoms with van der Waals surface area (Å²) in [6.45, 7) is 3.76. The lowest BCUT2D eigenvalue weighted by Gasteiger charge is -2.13. The number of carbonyl (C=O) groups excluding carboxylic acids is 1. The molecule has 1 aromatic carbocycles. The van der Waals surface area contributed by atoms with Crippen molar-refractivity contribution in [1.82, 2.24) is 5.32 Å². The van der Waals surface area contributed by atoms with E-state index in [0.29, 0.717) is 5.56 Å². The van der Waals surface area contributed by atoms with E-state index in [9.17, 15) is 9.90 Å². The van der Waals surface area contributed by atoms with Gasteiger partial charge in [0.15, 0.2) is 0 Å². The van der Waals surface area contributed by atoms with Crippen LogP contribution in [0.4, 0.5) is 0 Å². The van der Waals surface area contributed by atoms with Gasteiger partial charge in [-0.3, -0.25) is 4.79 Å². The van der Waals surface area contributed by atoms with Gasteiger partial charge in [0, 0.05) is 5.56 Å². The van der Waals surface area contributed by atoms with Gasteiger partial charge in [0.1, 0.15) is 5.75 Å². The maximum atomic E-state index is 12.1. The van der Waals surface area contributed by atoms with Crippen LogP contribution in [0.1, 0.15) is 34.5 Å². The Morgan fingerprint density at radius 1 is 1.39 bits per heavy atom. The molecule has 0 saturated carbocycles. The molecule has 0 bridgehead atoms. The molecule has 1 amide bonds. The number of benzene rings is 1. The first-order chi connectivity index (χ1) is 8.58. The largest absolute Gasteiger partial charge is 0.508 e. The Morgan fingerprint density at radius 2 is 2.17 bits per heavy atom. The third-order valence-electron chi connectivity index (χ3n) is 2.85. The quantitative estimate of drug-likeness (QED) is 0.891. The second-order valence-electron chi connectivity index (χ2n) is 4.25. The summed E-state index contributed by atoms with van der Waals surface area (Å²) in [5.41, 5.74) is 2.46. The fourth-order valence-electron chi connectivity index (χ4n) is 1.78. The minimum Gasteiger partial charge on any atom is -0.508 e. The Kier molecular flexibility index (Phi) is 3.67. The minimum absolute atomic E-state index is 0.0167. The molecule has 94 valence electrons. The van der Waals surface area contributed by atoms with Crippen molar-refractivity contribution >= 4 is 17.2 Å². The first kappa shape index (κ1) is 12.6. The molecule has 4 heteroatoms. The minimum atomic E-state index is -0.119. The summed E-state index contributed by atoms with van der Waals surface area (Å²) >= 11 is 1.61. The van der Waals surface area contributed by atoms with E-state index >= 15 is 0 Å². The average molecular weight is 261 g/mol. The fraction of sp³-hybridized carbons (Fsp3) is 0.214. The highest BCUT2D eigenvalue weighted by atomic mass is 32.1. The molecule has 0 aliphatic heterocycles. The van der Waals surface area contributed by atoms with Crippen LogP contribution < -0.4 is 5.32 Å². The van der Waals surface area contributed by atoms with E-state index in [1.807, 2.05) is 30.7 Å². The summed E-state index contributed by atoms with van der Waals surface area (Å²) in [4.78, 5) is 12.1. The van der Waals surface area contributed by atoms with Crippen molar-refractivity contribution in [3.63, 3.8) is 0 Å². The van der Waals surface area contributed by atoms with E-state index in [-0.39, 0.29) is 17.7 Å². The third-order valence-corrected chi connectivity index (χ3v) is 3.55. The van der Waals surface area contributed by atoms with Crippen LogP contribution in [0.15, 0.2) is 35.0 Å². The molecular weight excluding hydrogens is 246 g/mol. The number of nitrogens with one attached hydrogen (secondary N) is 1. The lowest BCUT2D eigenvalue weighted by Crippen LogP contribution is -2.26. The van der Waals surface area contributed by atoms with Gasteiger partial charge in [-0.2, -0.15) is 11.3 Å². The van der Waals surface area contributed by atoms with Crippen LogP contribution in [0, 0.1) is 6.92 Å². The molecule has 2 N–H and O–H groups in total. The number of aryl methyl sites for hydroxylation is 1. The molecule has 1 unspecified atom stereocenters. The van der Waals surface area contributed by atoms with E-state index in [1.54, 1.807) is 23.5 Å². The third kappa shape index (κ3) is 2.71. The van der Waals surface area contributed by atoms with Crippen LogP contribution in [0.5, 0.6) is 5.75 Å². The molecule has 1 aromatic heterocycles. The zero-order valence-corrected chi connectivity index (χ0v) is 11.1. The number of hydrogen-bond donors (Lipinski definition) is 2. The Hall–Kier alpha value is -1.81. The van der Waals surface area contributed by atoms with Gasteiger partial charge >= 0.3 is 0 Å². The number of amides is 1. The zero-order chi connectivity index (χ0) is 13.1. The smallest absolute Gasteiger partial charge is 0.252 e. The number of phenols is 1. The first-order valence-corrected chi connectivity index (χ1v) is 6.65. The molecule has 3 nitrogen and oxygen atoms in total. The summed E-state index contributed by atoms with van der Waals surface area (Å²) in [6.07, 6.45) is 0. The van der Waals surface area contributed by atoms with Gasteiger partial charge < -0.3 is 10.4 Å². The molecule has 0 aliphatic rings. The van der Waals surface area contributed by atoms with Crippen molar-refractivity contribution in [3.05, 3.63) is 51.7 Å². The normalized spacial score (nSPS) is 12.1. The van der Waals surface area contributed by atoms with Gasteiger partial charge in [0.25, 0.3) is 5.91 Å². The van der Waals surface area contributed by atoms with Crippen molar-refractivity contribution in [2.45, 2.75) is 19.9 Å². The highest BCUT2D eigenvalue weighted by Crippen LogP contribution is 2.19. The maximum Gasteiger partial charge on any atom is 0.252 e. The number of rotatable bonds is 3. The van der Waals surface area contributed by atoms with Gasteiger partial charge in [-0.15, -0.1) is 0 Å². The van der Waals surface area contributed by atoms with Gasteiger partial charge in [0.05, 0.1) is 6.04 Å². The summed E-state index contributed by atoms with van der Waals surface area (Å²) in [7, 11) is 0. The molecule has 2 aromatic rings. The summed E-state index contributed by atoms with van der Waals surface area (Å²) in [5.74, 6) is 0.0566. The summed E-state index contributed by atoms with van der Waals surface area (Å²) in [6, 6.07) is 6.73. The molecular formula is C14H15NO2S. The summed E-state index contributed by atoms with van der Waals surface area (Å²) in [5, 5.41) is 16.3. The number of thiophene rings is 1. The number of hydrogen-bond acceptors (Lipinski definition) is 3. The standard InChI is InChI=1S/C14H15NO2S/c1-9-7-12(16)3-4-13(9)14(17)15-10(2)11-5-6-18-8-11/h3-8,10,16H,1-2H3,(H,15,17). The number of aromatic hydroxyl groups is 1. The van der Waals surface area contributed by atoms with E-state index in [1.165, 1.54) is 6.07 Å². The van der Waals surface area contributed by atoms with Crippen molar-refractivity contribution in [1.29, 1.82) is 0 Å². The first-order valence-electron chi connectivity index (χ1n) is 5.70. The van der Waals surface area contributed by atoms with E-state index < -0.39 is 0 Å². The van der Waals surface area contributed by atoms with Crippen molar-refractivity contribution in [2.75, 3.05) is 0 Å². The summed E-state index contributed by atoms with van der Waals surface area (Å²) < 4.78 is 0. The number of phenolic OH excluding ortho intramolecular Hbond substituents is 1. The van der Waals surface area contributed by atoms with Gasteiger partial charge in [-0.1, -0.05) is 0 Å². The molecule has 0 saturated heterocycles. The Morgan fingerprint density at radius 3 is 2.78 bits per heavy atom. The SMILES string of the molecule is Cc1cc(O)ccc1C(=O)NC(C)c1ccsc1. The average Bonchev–Trinajstić information content (AvgIpc) is 2.81. The van der Waals surface area contributed by atoms with Crippen LogP contribution in [0.2, 0.25) is 0 Å². The second kappa shape index (κ2) is 5.23. The molecule has 18 heavy (non-hydrogen) atoms. The van der Waals surface area contributed by atoms with E-state index in [0.717, 1.165) is 11.1 Å². The van der Waals surface area contributed by atoms with Crippen molar-refractivity contribution < 1.29 is 9.90 Å². The molecule has 1 atom stereocenters. The molecule has 2 rings (SSSR count). The Bertz CT molecular complexity index is 549. The van der Waals surface area contributed by atoms with Crippen LogP contribution >= 0.6 is 11.3 Å². The molecule has 0 spiro atoms. The lowest BCUT2D eigenvalue weighted by atomic mass is 10.1. The highest BCUT2D eigenvalue weighted by molar-refractivity contribution is 7.07. The molecule has 1 heterocycles. The Balaban J connectivity index is 2.12. The predicted molar refractivity (Wildman–Crippen MR) is 73.0 cm³/mol. The zero-order valence-electron chi connectivity index (χ0n) is 10.3. The van der Waals surface area contributed by atoms with Crippen LogP contribution in [0.25, 0.3) is 0 Å². The highest BCUT2D eigenvalue weighted by Gasteiger charge is 2.13. The number of carbonyl (C=O) groups is 1. The molecule has 0 fully saturated rings. The van der Waals surface area contributed by atoms with E-state index in [2.05, 4.69) is 5.32 Å². The van der Waals surface area contributed by atoms with Crippen molar-refractivity contribution in [3.8, 4) is 5.75 Å². The fourth-order valence-corrected chi connectivity index (χ4v) is 2.54. The Labute approximate surface area is 110 Å². The molecule has 0 aliphatic carbocycles. The van der Waals surface area contributed by atoms with Crippen LogP contribution in [-0.4, -0.2) is 11.0 Å². The van der Waals surface area contributed by atoms with Crippen LogP contribution in [-0.2, 0) is 0 Å². The monoisotopic (exact) mass is 261 g/mol. The van der Waals surface area contributed by atoms with Gasteiger partial charge in [-0.25, -0.2) is 0 Å². The lowest BCUT2D eigenvalue weighted by molar-refractivity contribution is 0.0939. The second-order valence-corrected chi connectivity index (χ2v) is 5.03. The molecule has 0 radical (unpaired) electrons.